The van der Waals surface area contributed by atoms with Crippen molar-refractivity contribution in [3.63, 3.8) is 0 Å². The van der Waals surface area contributed by atoms with Crippen molar-refractivity contribution < 1.29 is 18.3 Å². The summed E-state index contributed by atoms with van der Waals surface area (Å²) in [6.45, 7) is 3.35. The van der Waals surface area contributed by atoms with Crippen molar-refractivity contribution >= 4 is 28.6 Å². The number of rotatable bonds is 3. The highest BCUT2D eigenvalue weighted by Crippen LogP contribution is 2.27. The van der Waals surface area contributed by atoms with Crippen LogP contribution in [0, 0.1) is 10.5 Å². The molecule has 0 fully saturated rings. The normalized spacial score (nSPS) is 10.6. The standard InChI is InChI=1S/C10H10F2INO2/c1-3-16-10(15)7-4-6(13)8(9(11)12)5(2)14-7/h4,9H,3H2,1-2H3. The monoisotopic (exact) mass is 341 g/mol. The number of aryl methyl sites for hydroxylation is 1. The summed E-state index contributed by atoms with van der Waals surface area (Å²) in [5.41, 5.74) is 0.0896. The average Bonchev–Trinajstić information content (AvgIpc) is 2.16. The van der Waals surface area contributed by atoms with Gasteiger partial charge in [0.15, 0.2) is 0 Å². The van der Waals surface area contributed by atoms with Crippen molar-refractivity contribution in [3.8, 4) is 0 Å². The maximum Gasteiger partial charge on any atom is 0.356 e. The first-order valence-electron chi connectivity index (χ1n) is 4.59. The van der Waals surface area contributed by atoms with Gasteiger partial charge in [-0.05, 0) is 42.5 Å². The summed E-state index contributed by atoms with van der Waals surface area (Å²) in [5, 5.41) is 0. The fraction of sp³-hybridized carbons (Fsp3) is 0.400. The molecule has 1 rings (SSSR count). The molecule has 88 valence electrons. The summed E-state index contributed by atoms with van der Waals surface area (Å²) in [6, 6.07) is 1.31. The van der Waals surface area contributed by atoms with E-state index in [1.54, 1.807) is 29.5 Å². The van der Waals surface area contributed by atoms with Gasteiger partial charge < -0.3 is 4.74 Å². The molecule has 0 N–H and O–H groups in total. The quantitative estimate of drug-likeness (QED) is 0.627. The average molecular weight is 341 g/mol. The molecule has 0 amide bonds. The van der Waals surface area contributed by atoms with Gasteiger partial charge in [0.2, 0.25) is 0 Å². The van der Waals surface area contributed by atoms with E-state index in [2.05, 4.69) is 4.98 Å². The lowest BCUT2D eigenvalue weighted by Gasteiger charge is -2.09. The Balaban J connectivity index is 3.14. The zero-order valence-corrected chi connectivity index (χ0v) is 10.9. The first-order valence-corrected chi connectivity index (χ1v) is 5.67. The Bertz CT molecular complexity index is 387. The Morgan fingerprint density at radius 3 is 2.69 bits per heavy atom. The number of nitrogens with zero attached hydrogens (tertiary/aromatic N) is 1. The van der Waals surface area contributed by atoms with Crippen LogP contribution < -0.4 is 0 Å². The van der Waals surface area contributed by atoms with Crippen LogP contribution in [0.3, 0.4) is 0 Å². The van der Waals surface area contributed by atoms with E-state index < -0.39 is 12.4 Å². The number of halogens is 3. The molecule has 0 spiro atoms. The number of aromatic nitrogens is 1. The SMILES string of the molecule is CCOC(=O)c1cc(I)c(C(F)F)c(C)n1. The third kappa shape index (κ3) is 2.87. The van der Waals surface area contributed by atoms with Crippen molar-refractivity contribution in [2.45, 2.75) is 20.3 Å². The van der Waals surface area contributed by atoms with Crippen LogP contribution in [0.5, 0.6) is 0 Å². The highest BCUT2D eigenvalue weighted by molar-refractivity contribution is 14.1. The minimum absolute atomic E-state index is 0.0631. The van der Waals surface area contributed by atoms with Gasteiger partial charge in [0.25, 0.3) is 6.43 Å². The molecule has 0 aromatic carbocycles. The molecule has 16 heavy (non-hydrogen) atoms. The van der Waals surface area contributed by atoms with Gasteiger partial charge >= 0.3 is 5.97 Å². The van der Waals surface area contributed by atoms with Gasteiger partial charge in [0, 0.05) is 9.26 Å². The number of carbonyl (C=O) groups excluding carboxylic acids is 1. The van der Waals surface area contributed by atoms with Crippen LogP contribution in [0.25, 0.3) is 0 Å². The zero-order chi connectivity index (χ0) is 12.3. The molecule has 0 saturated heterocycles. The van der Waals surface area contributed by atoms with Gasteiger partial charge in [-0.3, -0.25) is 0 Å². The van der Waals surface area contributed by atoms with Gasteiger partial charge in [0.05, 0.1) is 12.2 Å². The Hall–Kier alpha value is -0.790. The maximum absolute atomic E-state index is 12.6. The van der Waals surface area contributed by atoms with E-state index in [-0.39, 0.29) is 23.6 Å². The Kier molecular flexibility index (Phi) is 4.57. The van der Waals surface area contributed by atoms with Gasteiger partial charge in [-0.15, -0.1) is 0 Å². The van der Waals surface area contributed by atoms with Gasteiger partial charge in [-0.25, -0.2) is 18.6 Å². The molecule has 6 heteroatoms. The minimum atomic E-state index is -2.59. The van der Waals surface area contributed by atoms with E-state index in [0.717, 1.165) is 0 Å². The molecule has 0 radical (unpaired) electrons. The van der Waals surface area contributed by atoms with Crippen molar-refractivity contribution in [2.24, 2.45) is 0 Å². The number of pyridine rings is 1. The largest absolute Gasteiger partial charge is 0.461 e. The van der Waals surface area contributed by atoms with Crippen molar-refractivity contribution in [1.29, 1.82) is 0 Å². The summed E-state index contributed by atoms with van der Waals surface area (Å²) < 4.78 is 30.3. The number of ether oxygens (including phenoxy) is 1. The Morgan fingerprint density at radius 2 is 2.25 bits per heavy atom. The van der Waals surface area contributed by atoms with Crippen molar-refractivity contribution in [2.75, 3.05) is 6.61 Å². The second-order valence-electron chi connectivity index (χ2n) is 3.01. The Labute approximate surface area is 105 Å². The highest BCUT2D eigenvalue weighted by atomic mass is 127. The second-order valence-corrected chi connectivity index (χ2v) is 4.17. The molecule has 1 aromatic rings. The second kappa shape index (κ2) is 5.51. The predicted octanol–water partition coefficient (Wildman–Crippen LogP) is 3.11. The molecule has 0 aliphatic rings. The number of hydrogen-bond acceptors (Lipinski definition) is 3. The lowest BCUT2D eigenvalue weighted by atomic mass is 10.2. The van der Waals surface area contributed by atoms with E-state index in [0.29, 0.717) is 3.57 Å². The molecule has 0 bridgehead atoms. The molecule has 1 heterocycles. The summed E-state index contributed by atoms with van der Waals surface area (Å²) in [5.74, 6) is -0.593. The first-order chi connectivity index (χ1) is 7.47. The summed E-state index contributed by atoms with van der Waals surface area (Å²) in [6.07, 6.45) is -2.59. The van der Waals surface area contributed by atoms with Crippen LogP contribution in [0.1, 0.15) is 35.1 Å². The van der Waals surface area contributed by atoms with Gasteiger partial charge in [-0.1, -0.05) is 0 Å². The van der Waals surface area contributed by atoms with Crippen molar-refractivity contribution in [3.05, 3.63) is 26.6 Å². The van der Waals surface area contributed by atoms with Crippen LogP contribution in [0.2, 0.25) is 0 Å². The lowest BCUT2D eigenvalue weighted by molar-refractivity contribution is 0.0518. The zero-order valence-electron chi connectivity index (χ0n) is 8.76. The van der Waals surface area contributed by atoms with Gasteiger partial charge in [0.1, 0.15) is 5.69 Å². The van der Waals surface area contributed by atoms with E-state index in [1.165, 1.54) is 13.0 Å². The fourth-order valence-corrected chi connectivity index (χ4v) is 2.14. The van der Waals surface area contributed by atoms with Crippen molar-refractivity contribution in [1.82, 2.24) is 4.98 Å². The molecule has 1 aromatic heterocycles. The first kappa shape index (κ1) is 13.3. The molecule has 0 aliphatic heterocycles. The Morgan fingerprint density at radius 1 is 1.62 bits per heavy atom. The molecular weight excluding hydrogens is 331 g/mol. The molecular formula is C10H10F2INO2. The summed E-state index contributed by atoms with van der Waals surface area (Å²) in [4.78, 5) is 15.2. The molecule has 0 unspecified atom stereocenters. The number of carbonyl (C=O) groups is 1. The van der Waals surface area contributed by atoms with Crippen LogP contribution >= 0.6 is 22.6 Å². The predicted molar refractivity (Wildman–Crippen MR) is 62.6 cm³/mol. The minimum Gasteiger partial charge on any atom is -0.461 e. The smallest absolute Gasteiger partial charge is 0.356 e. The third-order valence-electron chi connectivity index (χ3n) is 1.90. The van der Waals surface area contributed by atoms with Crippen LogP contribution in [-0.2, 0) is 4.74 Å². The van der Waals surface area contributed by atoms with Crippen LogP contribution in [0.4, 0.5) is 8.78 Å². The molecule has 3 nitrogen and oxygen atoms in total. The topological polar surface area (TPSA) is 39.2 Å². The molecule has 0 aliphatic carbocycles. The van der Waals surface area contributed by atoms with Gasteiger partial charge in [-0.2, -0.15) is 0 Å². The molecule has 0 saturated carbocycles. The van der Waals surface area contributed by atoms with E-state index in [1.807, 2.05) is 0 Å². The highest BCUT2D eigenvalue weighted by Gasteiger charge is 2.19. The summed E-state index contributed by atoms with van der Waals surface area (Å²) in [7, 11) is 0. The number of hydrogen-bond donors (Lipinski definition) is 0. The third-order valence-corrected chi connectivity index (χ3v) is 2.79. The van der Waals surface area contributed by atoms with E-state index >= 15 is 0 Å². The van der Waals surface area contributed by atoms with E-state index in [4.69, 9.17) is 4.74 Å². The fourth-order valence-electron chi connectivity index (χ4n) is 1.22. The number of esters is 1. The van der Waals surface area contributed by atoms with Crippen LogP contribution in [0.15, 0.2) is 6.07 Å². The maximum atomic E-state index is 12.6. The van der Waals surface area contributed by atoms with Crippen LogP contribution in [-0.4, -0.2) is 17.6 Å². The lowest BCUT2D eigenvalue weighted by Crippen LogP contribution is -2.10. The number of alkyl halides is 2. The molecule has 0 atom stereocenters. The summed E-state index contributed by atoms with van der Waals surface area (Å²) >= 11 is 1.76. The van der Waals surface area contributed by atoms with E-state index in [9.17, 15) is 13.6 Å².